The molecule has 27 heavy (non-hydrogen) atoms. The Balaban J connectivity index is 1.96. The van der Waals surface area contributed by atoms with Gasteiger partial charge in [-0.25, -0.2) is 4.79 Å². The van der Waals surface area contributed by atoms with Gasteiger partial charge in [0.15, 0.2) is 6.61 Å². The molecule has 0 aliphatic rings. The summed E-state index contributed by atoms with van der Waals surface area (Å²) in [6.45, 7) is 5.65. The first-order chi connectivity index (χ1) is 12.7. The number of esters is 1. The third-order valence-electron chi connectivity index (χ3n) is 3.50. The van der Waals surface area contributed by atoms with E-state index in [4.69, 9.17) is 16.3 Å². The van der Waals surface area contributed by atoms with Crippen LogP contribution < -0.4 is 5.32 Å². The van der Waals surface area contributed by atoms with Crippen LogP contribution in [0.1, 0.15) is 29.9 Å². The lowest BCUT2D eigenvalue weighted by Crippen LogP contribution is -2.21. The van der Waals surface area contributed by atoms with Crippen LogP contribution in [0, 0.1) is 23.0 Å². The van der Waals surface area contributed by atoms with Crippen LogP contribution >= 0.6 is 11.6 Å². The summed E-state index contributed by atoms with van der Waals surface area (Å²) >= 11 is 6.20. The van der Waals surface area contributed by atoms with Crippen molar-refractivity contribution in [3.63, 3.8) is 0 Å². The summed E-state index contributed by atoms with van der Waals surface area (Å²) in [5.41, 5.74) is 0.797. The van der Waals surface area contributed by atoms with Gasteiger partial charge in [0, 0.05) is 24.4 Å². The zero-order valence-electron chi connectivity index (χ0n) is 15.1. The minimum absolute atomic E-state index is 0.0945. The summed E-state index contributed by atoms with van der Waals surface area (Å²) in [6.07, 6.45) is 0. The second kappa shape index (κ2) is 8.63. The molecule has 144 valence electrons. The van der Waals surface area contributed by atoms with E-state index in [1.165, 1.54) is 28.9 Å². The molecule has 0 aliphatic carbocycles. The summed E-state index contributed by atoms with van der Waals surface area (Å²) in [5.74, 6) is -1.04. The van der Waals surface area contributed by atoms with Crippen LogP contribution in [-0.4, -0.2) is 33.2 Å². The Hall–Kier alpha value is -2.94. The monoisotopic (exact) mass is 394 g/mol. The Morgan fingerprint density at radius 1 is 1.33 bits per heavy atom. The van der Waals surface area contributed by atoms with Crippen molar-refractivity contribution in [3.8, 4) is 0 Å². The highest BCUT2D eigenvalue weighted by molar-refractivity contribution is 6.32. The predicted molar refractivity (Wildman–Crippen MR) is 98.8 cm³/mol. The highest BCUT2D eigenvalue weighted by Crippen LogP contribution is 2.22. The minimum atomic E-state index is -0.744. The second-order valence-electron chi connectivity index (χ2n) is 6.26. The SMILES string of the molecule is Cc1nn(CC(C)C)c(Cl)c1C(=O)OCC(=O)Nc1ccc([N+](=O)[O-])cc1. The Morgan fingerprint density at radius 3 is 2.52 bits per heavy atom. The molecule has 1 N–H and O–H groups in total. The maximum absolute atomic E-state index is 12.2. The first kappa shape index (κ1) is 20.4. The van der Waals surface area contributed by atoms with Crippen molar-refractivity contribution in [1.82, 2.24) is 9.78 Å². The fourth-order valence-electron chi connectivity index (χ4n) is 2.32. The lowest BCUT2D eigenvalue weighted by Gasteiger charge is -2.07. The minimum Gasteiger partial charge on any atom is -0.452 e. The second-order valence-corrected chi connectivity index (χ2v) is 6.61. The first-order valence-electron chi connectivity index (χ1n) is 8.13. The normalized spacial score (nSPS) is 10.7. The molecule has 9 nitrogen and oxygen atoms in total. The van der Waals surface area contributed by atoms with Gasteiger partial charge in [-0.2, -0.15) is 5.10 Å². The maximum Gasteiger partial charge on any atom is 0.343 e. The molecule has 0 spiro atoms. The van der Waals surface area contributed by atoms with Gasteiger partial charge in [-0.3, -0.25) is 19.6 Å². The molecule has 2 rings (SSSR count). The fourth-order valence-corrected chi connectivity index (χ4v) is 2.64. The molecule has 0 radical (unpaired) electrons. The maximum atomic E-state index is 12.2. The third-order valence-corrected chi connectivity index (χ3v) is 3.89. The Kier molecular flexibility index (Phi) is 6.51. The van der Waals surface area contributed by atoms with Crippen LogP contribution in [0.5, 0.6) is 0 Å². The molecule has 0 bridgehead atoms. The lowest BCUT2D eigenvalue weighted by atomic mass is 10.2. The van der Waals surface area contributed by atoms with Gasteiger partial charge >= 0.3 is 5.97 Å². The van der Waals surface area contributed by atoms with Crippen molar-refractivity contribution >= 4 is 34.9 Å². The number of hydrogen-bond acceptors (Lipinski definition) is 6. The molecule has 1 amide bonds. The number of non-ortho nitro benzene ring substituents is 1. The van der Waals surface area contributed by atoms with E-state index in [-0.39, 0.29) is 22.3 Å². The van der Waals surface area contributed by atoms with Gasteiger partial charge in [-0.05, 0) is 25.0 Å². The highest BCUT2D eigenvalue weighted by atomic mass is 35.5. The number of nitro groups is 1. The number of amides is 1. The largest absolute Gasteiger partial charge is 0.452 e. The number of anilines is 1. The van der Waals surface area contributed by atoms with Crippen LogP contribution in [0.4, 0.5) is 11.4 Å². The number of benzene rings is 1. The van der Waals surface area contributed by atoms with Crippen LogP contribution in [0.15, 0.2) is 24.3 Å². The van der Waals surface area contributed by atoms with Crippen LogP contribution in [0.25, 0.3) is 0 Å². The molecule has 0 unspecified atom stereocenters. The van der Waals surface area contributed by atoms with Crippen LogP contribution in [-0.2, 0) is 16.1 Å². The predicted octanol–water partition coefficient (Wildman–Crippen LogP) is 3.20. The van der Waals surface area contributed by atoms with Gasteiger partial charge in [0.05, 0.1) is 10.6 Å². The van der Waals surface area contributed by atoms with Crippen molar-refractivity contribution in [1.29, 1.82) is 0 Å². The molecular formula is C17H19ClN4O5. The molecule has 1 aromatic carbocycles. The Labute approximate surface area is 160 Å². The highest BCUT2D eigenvalue weighted by Gasteiger charge is 2.22. The standard InChI is InChI=1S/C17H19ClN4O5/c1-10(2)8-21-16(18)15(11(3)20-21)17(24)27-9-14(23)19-12-4-6-13(7-5-12)22(25)26/h4-7,10H,8-9H2,1-3H3,(H,19,23). The van der Waals surface area contributed by atoms with Gasteiger partial charge in [0.2, 0.25) is 0 Å². The molecule has 1 heterocycles. The zero-order chi connectivity index (χ0) is 20.1. The zero-order valence-corrected chi connectivity index (χ0v) is 15.8. The molecule has 10 heteroatoms. The Morgan fingerprint density at radius 2 is 1.96 bits per heavy atom. The average Bonchev–Trinajstić information content (AvgIpc) is 2.86. The molecule has 1 aromatic heterocycles. The average molecular weight is 395 g/mol. The van der Waals surface area contributed by atoms with Crippen LogP contribution in [0.3, 0.4) is 0 Å². The number of aromatic nitrogens is 2. The van der Waals surface area contributed by atoms with Gasteiger partial charge in [-0.1, -0.05) is 25.4 Å². The molecular weight excluding hydrogens is 376 g/mol. The van der Waals surface area contributed by atoms with Crippen molar-refractivity contribution in [2.75, 3.05) is 11.9 Å². The number of carbonyl (C=O) groups excluding carboxylic acids is 2. The van der Waals surface area contributed by atoms with E-state index in [1.807, 2.05) is 13.8 Å². The molecule has 2 aromatic rings. The van der Waals surface area contributed by atoms with E-state index in [2.05, 4.69) is 10.4 Å². The summed E-state index contributed by atoms with van der Waals surface area (Å²) < 4.78 is 6.53. The molecule has 0 fully saturated rings. The van der Waals surface area contributed by atoms with Gasteiger partial charge in [0.25, 0.3) is 11.6 Å². The molecule has 0 atom stereocenters. The van der Waals surface area contributed by atoms with E-state index < -0.39 is 23.4 Å². The Bertz CT molecular complexity index is 861. The summed E-state index contributed by atoms with van der Waals surface area (Å²) in [4.78, 5) is 34.2. The van der Waals surface area contributed by atoms with E-state index in [0.29, 0.717) is 17.9 Å². The summed E-state index contributed by atoms with van der Waals surface area (Å²) in [7, 11) is 0. The van der Waals surface area contributed by atoms with Crippen molar-refractivity contribution in [3.05, 3.63) is 50.8 Å². The molecule has 0 aliphatic heterocycles. The number of rotatable bonds is 7. The third kappa shape index (κ3) is 5.27. The summed E-state index contributed by atoms with van der Waals surface area (Å²) in [6, 6.07) is 5.28. The van der Waals surface area contributed by atoms with E-state index in [0.717, 1.165) is 0 Å². The first-order valence-corrected chi connectivity index (χ1v) is 8.51. The number of ether oxygens (including phenoxy) is 1. The van der Waals surface area contributed by atoms with E-state index in [9.17, 15) is 19.7 Å². The van der Waals surface area contributed by atoms with E-state index in [1.54, 1.807) is 6.92 Å². The quantitative estimate of drug-likeness (QED) is 0.438. The van der Waals surface area contributed by atoms with Crippen molar-refractivity contribution < 1.29 is 19.2 Å². The van der Waals surface area contributed by atoms with Gasteiger partial charge in [-0.15, -0.1) is 0 Å². The fraction of sp³-hybridized carbons (Fsp3) is 0.353. The number of aryl methyl sites for hydroxylation is 1. The molecule has 0 saturated carbocycles. The lowest BCUT2D eigenvalue weighted by molar-refractivity contribution is -0.384. The van der Waals surface area contributed by atoms with Crippen molar-refractivity contribution in [2.45, 2.75) is 27.3 Å². The topological polar surface area (TPSA) is 116 Å². The van der Waals surface area contributed by atoms with Crippen LogP contribution in [0.2, 0.25) is 5.15 Å². The van der Waals surface area contributed by atoms with Crippen molar-refractivity contribution in [2.24, 2.45) is 5.92 Å². The van der Waals surface area contributed by atoms with Gasteiger partial charge in [0.1, 0.15) is 10.7 Å². The number of halogens is 1. The number of carbonyl (C=O) groups is 2. The number of nitrogens with one attached hydrogen (secondary N) is 1. The van der Waals surface area contributed by atoms with Gasteiger partial charge < -0.3 is 10.1 Å². The number of hydrogen-bond donors (Lipinski definition) is 1. The number of nitro benzene ring substituents is 1. The molecule has 0 saturated heterocycles. The van der Waals surface area contributed by atoms with E-state index >= 15 is 0 Å². The number of nitrogens with zero attached hydrogens (tertiary/aromatic N) is 3. The smallest absolute Gasteiger partial charge is 0.343 e. The summed E-state index contributed by atoms with van der Waals surface area (Å²) in [5, 5.41) is 17.5.